The molecule has 0 spiro atoms. The summed E-state index contributed by atoms with van der Waals surface area (Å²) in [4.78, 5) is 22.4. The van der Waals surface area contributed by atoms with Crippen LogP contribution in [0.3, 0.4) is 0 Å². The molecule has 2 rings (SSSR count). The topological polar surface area (TPSA) is 66.7 Å². The van der Waals surface area contributed by atoms with E-state index in [1.807, 2.05) is 20.8 Å². The summed E-state index contributed by atoms with van der Waals surface area (Å²) >= 11 is 0. The monoisotopic (exact) mass is 209 g/mol. The van der Waals surface area contributed by atoms with Crippen LogP contribution in [0, 0.1) is 21.7 Å². The zero-order chi connectivity index (χ0) is 11.4. The lowest BCUT2D eigenvalue weighted by Gasteiger charge is -2.43. The number of aliphatic hydroxyl groups is 1. The lowest BCUT2D eigenvalue weighted by atomic mass is 9.60. The number of hydrogen-bond donors (Lipinski definition) is 1. The van der Waals surface area contributed by atoms with Gasteiger partial charge in [0.1, 0.15) is 5.76 Å². The minimum atomic E-state index is -0.477. The number of hydrogen-bond acceptors (Lipinski definition) is 4. The largest absolute Gasteiger partial charge is 0.509 e. The highest BCUT2D eigenvalue weighted by atomic mass is 16.3. The standard InChI is InChI=1S/C11H15NO3/c1-10(2)6-4-5-11(10,3)9(14)7(12-15)8(6)13/h6,14H,4-5H2,1-3H3/t6-,11+/m0/s1. The average molecular weight is 209 g/mol. The summed E-state index contributed by atoms with van der Waals surface area (Å²) < 4.78 is 0. The molecule has 0 aliphatic heterocycles. The van der Waals surface area contributed by atoms with Gasteiger partial charge < -0.3 is 5.11 Å². The van der Waals surface area contributed by atoms with Crippen molar-refractivity contribution in [2.75, 3.05) is 0 Å². The van der Waals surface area contributed by atoms with Crippen LogP contribution in [0.2, 0.25) is 0 Å². The SMILES string of the molecule is CC1(C)[C@H]2CC[C@]1(C)C(O)=C(N=O)C2=O. The molecule has 2 atom stereocenters. The van der Waals surface area contributed by atoms with Gasteiger partial charge in [-0.3, -0.25) is 4.79 Å². The van der Waals surface area contributed by atoms with Crippen molar-refractivity contribution < 1.29 is 9.90 Å². The number of rotatable bonds is 1. The molecule has 0 saturated heterocycles. The summed E-state index contributed by atoms with van der Waals surface area (Å²) in [5, 5.41) is 12.7. The fourth-order valence-electron chi connectivity index (χ4n) is 3.01. The predicted octanol–water partition coefficient (Wildman–Crippen LogP) is 2.55. The van der Waals surface area contributed by atoms with Gasteiger partial charge in [-0.1, -0.05) is 20.8 Å². The zero-order valence-electron chi connectivity index (χ0n) is 9.20. The Bertz CT molecular complexity index is 383. The summed E-state index contributed by atoms with van der Waals surface area (Å²) in [5.74, 6) is -0.574. The molecule has 4 heteroatoms. The average Bonchev–Trinajstić information content (AvgIpc) is 2.33. The second-order valence-corrected chi connectivity index (χ2v) is 5.30. The van der Waals surface area contributed by atoms with Crippen molar-refractivity contribution in [2.45, 2.75) is 33.6 Å². The molecule has 82 valence electrons. The van der Waals surface area contributed by atoms with E-state index >= 15 is 0 Å². The molecule has 2 bridgehead atoms. The first-order valence-electron chi connectivity index (χ1n) is 5.17. The number of carbonyl (C=O) groups is 1. The second-order valence-electron chi connectivity index (χ2n) is 5.30. The van der Waals surface area contributed by atoms with Crippen molar-refractivity contribution in [2.24, 2.45) is 21.9 Å². The Balaban J connectivity index is 2.68. The summed E-state index contributed by atoms with van der Waals surface area (Å²) in [6.07, 6.45) is 1.46. The van der Waals surface area contributed by atoms with Crippen molar-refractivity contribution in [3.8, 4) is 0 Å². The van der Waals surface area contributed by atoms with E-state index in [9.17, 15) is 14.8 Å². The van der Waals surface area contributed by atoms with Gasteiger partial charge >= 0.3 is 0 Å². The van der Waals surface area contributed by atoms with Gasteiger partial charge in [0.25, 0.3) is 0 Å². The van der Waals surface area contributed by atoms with Crippen LogP contribution in [-0.4, -0.2) is 10.9 Å². The quantitative estimate of drug-likeness (QED) is 0.675. The van der Waals surface area contributed by atoms with Gasteiger partial charge in [-0.15, -0.1) is 4.91 Å². The van der Waals surface area contributed by atoms with Gasteiger partial charge in [-0.05, 0) is 23.4 Å². The Morgan fingerprint density at radius 3 is 2.53 bits per heavy atom. The van der Waals surface area contributed by atoms with Gasteiger partial charge in [-0.2, -0.15) is 0 Å². The Kier molecular flexibility index (Phi) is 1.85. The summed E-state index contributed by atoms with van der Waals surface area (Å²) in [6, 6.07) is 0. The van der Waals surface area contributed by atoms with Crippen LogP contribution < -0.4 is 0 Å². The molecule has 0 unspecified atom stereocenters. The Morgan fingerprint density at radius 2 is 2.00 bits per heavy atom. The number of Topliss-reactive ketones (excluding diaryl/α,β-unsaturated/α-hetero) is 1. The fourth-order valence-corrected chi connectivity index (χ4v) is 3.01. The van der Waals surface area contributed by atoms with Crippen LogP contribution in [-0.2, 0) is 4.79 Å². The van der Waals surface area contributed by atoms with E-state index in [-0.39, 0.29) is 28.6 Å². The van der Waals surface area contributed by atoms with E-state index in [1.54, 1.807) is 0 Å². The van der Waals surface area contributed by atoms with Crippen LogP contribution in [0.15, 0.2) is 16.6 Å². The highest BCUT2D eigenvalue weighted by Crippen LogP contribution is 2.62. The first kappa shape index (κ1) is 10.3. The molecule has 1 saturated carbocycles. The van der Waals surface area contributed by atoms with Gasteiger partial charge in [0.2, 0.25) is 0 Å². The molecular weight excluding hydrogens is 194 g/mol. The number of aliphatic hydroxyl groups excluding tert-OH is 1. The lowest BCUT2D eigenvalue weighted by molar-refractivity contribution is -0.125. The smallest absolute Gasteiger partial charge is 0.191 e. The van der Waals surface area contributed by atoms with E-state index < -0.39 is 5.41 Å². The van der Waals surface area contributed by atoms with Gasteiger partial charge in [0.05, 0.1) is 0 Å². The number of carbonyl (C=O) groups excluding carboxylic acids is 1. The van der Waals surface area contributed by atoms with Crippen molar-refractivity contribution in [3.05, 3.63) is 16.4 Å². The van der Waals surface area contributed by atoms with Gasteiger partial charge in [-0.25, -0.2) is 0 Å². The first-order valence-corrected chi connectivity index (χ1v) is 5.17. The molecule has 2 aliphatic carbocycles. The maximum atomic E-state index is 11.9. The van der Waals surface area contributed by atoms with Crippen molar-refractivity contribution in [3.63, 3.8) is 0 Å². The number of allylic oxidation sites excluding steroid dienone is 2. The van der Waals surface area contributed by atoms with Crippen LogP contribution in [0.25, 0.3) is 0 Å². The molecule has 0 aromatic carbocycles. The normalized spacial score (nSPS) is 38.3. The Labute approximate surface area is 88.3 Å². The van der Waals surface area contributed by atoms with Crippen LogP contribution in [0.4, 0.5) is 0 Å². The third-order valence-corrected chi connectivity index (χ3v) is 4.61. The molecule has 2 aliphatic rings. The molecule has 0 aromatic heterocycles. The third-order valence-electron chi connectivity index (χ3n) is 4.61. The zero-order valence-corrected chi connectivity index (χ0v) is 9.20. The van der Waals surface area contributed by atoms with E-state index in [0.717, 1.165) is 12.8 Å². The number of nitroso groups, excluding NO2 is 1. The highest BCUT2D eigenvalue weighted by molar-refractivity contribution is 5.99. The van der Waals surface area contributed by atoms with Crippen molar-refractivity contribution >= 4 is 5.78 Å². The summed E-state index contributed by atoms with van der Waals surface area (Å²) in [6.45, 7) is 5.85. The van der Waals surface area contributed by atoms with Gasteiger partial charge in [0, 0.05) is 11.3 Å². The second kappa shape index (κ2) is 2.68. The van der Waals surface area contributed by atoms with E-state index in [4.69, 9.17) is 0 Å². The number of fused-ring (bicyclic) bond motifs is 2. The highest BCUT2D eigenvalue weighted by Gasteiger charge is 2.61. The van der Waals surface area contributed by atoms with Crippen LogP contribution >= 0.6 is 0 Å². The molecule has 0 amide bonds. The molecule has 0 heterocycles. The lowest BCUT2D eigenvalue weighted by Crippen LogP contribution is -2.43. The Morgan fingerprint density at radius 1 is 1.40 bits per heavy atom. The number of nitrogens with zero attached hydrogens (tertiary/aromatic N) is 1. The molecule has 4 nitrogen and oxygen atoms in total. The molecule has 1 N–H and O–H groups in total. The van der Waals surface area contributed by atoms with Crippen molar-refractivity contribution in [1.82, 2.24) is 0 Å². The summed E-state index contributed by atoms with van der Waals surface area (Å²) in [5.41, 5.74) is -1.02. The van der Waals surface area contributed by atoms with E-state index in [2.05, 4.69) is 5.18 Å². The van der Waals surface area contributed by atoms with E-state index in [1.165, 1.54) is 0 Å². The number of ketones is 1. The minimum absolute atomic E-state index is 0.110. The summed E-state index contributed by atoms with van der Waals surface area (Å²) in [7, 11) is 0. The van der Waals surface area contributed by atoms with Crippen LogP contribution in [0.5, 0.6) is 0 Å². The molecule has 15 heavy (non-hydrogen) atoms. The molecule has 0 aromatic rings. The first-order chi connectivity index (χ1) is 6.86. The van der Waals surface area contributed by atoms with Crippen molar-refractivity contribution in [1.29, 1.82) is 0 Å². The predicted molar refractivity (Wildman–Crippen MR) is 55.1 cm³/mol. The Hall–Kier alpha value is -1.19. The van der Waals surface area contributed by atoms with E-state index in [0.29, 0.717) is 0 Å². The molecular formula is C11H15NO3. The van der Waals surface area contributed by atoms with Crippen LogP contribution in [0.1, 0.15) is 33.6 Å². The third kappa shape index (κ3) is 0.945. The minimum Gasteiger partial charge on any atom is -0.509 e. The molecule has 0 radical (unpaired) electrons. The van der Waals surface area contributed by atoms with Gasteiger partial charge in [0.15, 0.2) is 11.5 Å². The maximum Gasteiger partial charge on any atom is 0.191 e. The molecule has 1 fully saturated rings. The fraction of sp³-hybridized carbons (Fsp3) is 0.727. The maximum absolute atomic E-state index is 11.9.